The van der Waals surface area contributed by atoms with Crippen molar-refractivity contribution in [2.24, 2.45) is 0 Å². The van der Waals surface area contributed by atoms with Gasteiger partial charge in [-0.05, 0) is 38.3 Å². The molecule has 1 fully saturated rings. The van der Waals surface area contributed by atoms with Gasteiger partial charge >= 0.3 is 0 Å². The van der Waals surface area contributed by atoms with Gasteiger partial charge in [0.15, 0.2) is 0 Å². The molecule has 2 aromatic rings. The summed E-state index contributed by atoms with van der Waals surface area (Å²) in [7, 11) is -3.36. The van der Waals surface area contributed by atoms with Crippen LogP contribution in [0.2, 0.25) is 0 Å². The van der Waals surface area contributed by atoms with E-state index in [0.717, 1.165) is 18.2 Å². The average molecular weight is 417 g/mol. The number of nitrogens with zero attached hydrogens (tertiary/aromatic N) is 3. The smallest absolute Gasteiger partial charge is 0.254 e. The normalized spacial score (nSPS) is 19.9. The molecular formula is C20H24N4O4S. The molecule has 8 nitrogen and oxygen atoms in total. The molecule has 154 valence electrons. The maximum atomic E-state index is 13.0. The number of carbonyl (C=O) groups excluding carboxylic acids is 1. The minimum atomic E-state index is -3.36. The van der Waals surface area contributed by atoms with Crippen LogP contribution in [-0.2, 0) is 23.0 Å². The molecule has 1 aromatic heterocycles. The second-order valence-corrected chi connectivity index (χ2v) is 9.73. The van der Waals surface area contributed by atoms with E-state index in [1.54, 1.807) is 17.0 Å². The summed E-state index contributed by atoms with van der Waals surface area (Å²) in [6, 6.07) is 7.09. The molecule has 3 heterocycles. The Balaban J connectivity index is 1.66. The fourth-order valence-corrected chi connectivity index (χ4v) is 4.81. The minimum Gasteiger partial charge on any atom is -0.328 e. The molecule has 0 saturated carbocycles. The topological polar surface area (TPSA) is 103 Å². The summed E-state index contributed by atoms with van der Waals surface area (Å²) in [5, 5.41) is 0. The number of rotatable bonds is 3. The van der Waals surface area contributed by atoms with Crippen LogP contribution in [-0.4, -0.2) is 52.8 Å². The lowest BCUT2D eigenvalue weighted by Crippen LogP contribution is -2.40. The van der Waals surface area contributed by atoms with Gasteiger partial charge in [0.05, 0.1) is 24.5 Å². The summed E-state index contributed by atoms with van der Waals surface area (Å²) < 4.78 is 25.1. The quantitative estimate of drug-likeness (QED) is 0.814. The Morgan fingerprint density at radius 1 is 1.21 bits per heavy atom. The lowest BCUT2D eigenvalue weighted by atomic mass is 10.1. The van der Waals surface area contributed by atoms with Crippen molar-refractivity contribution >= 4 is 15.9 Å². The maximum absolute atomic E-state index is 13.0. The highest BCUT2D eigenvalue weighted by atomic mass is 32.2. The van der Waals surface area contributed by atoms with Crippen LogP contribution in [0.1, 0.15) is 51.9 Å². The van der Waals surface area contributed by atoms with E-state index in [1.807, 2.05) is 19.1 Å². The van der Waals surface area contributed by atoms with Crippen molar-refractivity contribution in [2.75, 3.05) is 19.3 Å². The van der Waals surface area contributed by atoms with Crippen molar-refractivity contribution < 1.29 is 13.2 Å². The third-order valence-electron chi connectivity index (χ3n) is 5.65. The Kier molecular flexibility index (Phi) is 5.04. The number of fused-ring (bicyclic) bond motifs is 1. The molecule has 0 spiro atoms. The van der Waals surface area contributed by atoms with E-state index in [4.69, 9.17) is 0 Å². The van der Waals surface area contributed by atoms with Crippen molar-refractivity contribution in [1.82, 2.24) is 19.2 Å². The highest BCUT2D eigenvalue weighted by Crippen LogP contribution is 2.31. The van der Waals surface area contributed by atoms with Crippen LogP contribution in [0, 0.1) is 6.92 Å². The van der Waals surface area contributed by atoms with Crippen molar-refractivity contribution in [3.05, 3.63) is 62.8 Å². The molecule has 4 rings (SSSR count). The van der Waals surface area contributed by atoms with Gasteiger partial charge in [-0.15, -0.1) is 0 Å². The van der Waals surface area contributed by atoms with Crippen LogP contribution < -0.4 is 5.56 Å². The molecule has 0 radical (unpaired) electrons. The molecule has 0 bridgehead atoms. The predicted molar refractivity (Wildman–Crippen MR) is 108 cm³/mol. The lowest BCUT2D eigenvalue weighted by molar-refractivity contribution is 0.0729. The zero-order chi connectivity index (χ0) is 20.8. The molecule has 1 amide bonds. The van der Waals surface area contributed by atoms with Gasteiger partial charge in [-0.2, -0.15) is 4.31 Å². The molecule has 1 atom stereocenters. The second kappa shape index (κ2) is 7.38. The number of likely N-dealkylation sites (tertiary alicyclic amines) is 1. The number of aryl methyl sites for hydroxylation is 1. The minimum absolute atomic E-state index is 0.0870. The van der Waals surface area contributed by atoms with Crippen LogP contribution in [0.15, 0.2) is 29.1 Å². The van der Waals surface area contributed by atoms with E-state index in [0.29, 0.717) is 42.0 Å². The molecule has 9 heteroatoms. The van der Waals surface area contributed by atoms with E-state index < -0.39 is 10.0 Å². The van der Waals surface area contributed by atoms with Crippen LogP contribution in [0.3, 0.4) is 0 Å². The van der Waals surface area contributed by atoms with Gasteiger partial charge in [-0.1, -0.05) is 17.7 Å². The number of hydrogen-bond donors (Lipinski definition) is 1. The zero-order valence-corrected chi connectivity index (χ0v) is 17.3. The van der Waals surface area contributed by atoms with Crippen LogP contribution in [0.4, 0.5) is 0 Å². The van der Waals surface area contributed by atoms with Gasteiger partial charge in [0, 0.05) is 24.2 Å². The van der Waals surface area contributed by atoms with Gasteiger partial charge < -0.3 is 9.88 Å². The molecule has 1 saturated heterocycles. The number of aromatic nitrogens is 2. The van der Waals surface area contributed by atoms with E-state index in [2.05, 4.69) is 9.97 Å². The molecule has 29 heavy (non-hydrogen) atoms. The van der Waals surface area contributed by atoms with Gasteiger partial charge in [0.25, 0.3) is 11.5 Å². The molecular weight excluding hydrogens is 392 g/mol. The summed E-state index contributed by atoms with van der Waals surface area (Å²) in [4.78, 5) is 34.8. The number of benzene rings is 1. The zero-order valence-electron chi connectivity index (χ0n) is 16.5. The molecule has 1 unspecified atom stereocenters. The maximum Gasteiger partial charge on any atom is 0.254 e. The summed E-state index contributed by atoms with van der Waals surface area (Å²) in [5.41, 5.74) is 2.45. The second-order valence-electron chi connectivity index (χ2n) is 7.75. The van der Waals surface area contributed by atoms with Crippen molar-refractivity contribution in [1.29, 1.82) is 0 Å². The SMILES string of the molecule is Cc1ccc(C(=O)N2CCCC2c2nc3c(c(=O)[nH]2)CCN(S(C)(=O)=O)C3)cc1. The average Bonchev–Trinajstić information content (AvgIpc) is 3.16. The van der Waals surface area contributed by atoms with E-state index >= 15 is 0 Å². The van der Waals surface area contributed by atoms with E-state index in [-0.39, 0.29) is 30.6 Å². The highest BCUT2D eigenvalue weighted by Gasteiger charge is 2.34. The number of aromatic amines is 1. The fraction of sp³-hybridized carbons (Fsp3) is 0.450. The Labute approximate surface area is 169 Å². The largest absolute Gasteiger partial charge is 0.328 e. The van der Waals surface area contributed by atoms with Gasteiger partial charge in [0.2, 0.25) is 10.0 Å². The van der Waals surface area contributed by atoms with Gasteiger partial charge in [-0.3, -0.25) is 9.59 Å². The van der Waals surface area contributed by atoms with Gasteiger partial charge in [0.1, 0.15) is 5.82 Å². The van der Waals surface area contributed by atoms with Crippen LogP contribution >= 0.6 is 0 Å². The summed E-state index contributed by atoms with van der Waals surface area (Å²) in [6.45, 7) is 2.92. The highest BCUT2D eigenvalue weighted by molar-refractivity contribution is 7.88. The molecule has 2 aliphatic rings. The van der Waals surface area contributed by atoms with Crippen molar-refractivity contribution in [2.45, 2.75) is 38.8 Å². The van der Waals surface area contributed by atoms with Crippen LogP contribution in [0.5, 0.6) is 0 Å². The Morgan fingerprint density at radius 2 is 1.93 bits per heavy atom. The monoisotopic (exact) mass is 416 g/mol. The first-order valence-electron chi connectivity index (χ1n) is 9.69. The van der Waals surface area contributed by atoms with E-state index in [1.165, 1.54) is 4.31 Å². The predicted octanol–water partition coefficient (Wildman–Crippen LogP) is 1.37. The van der Waals surface area contributed by atoms with Crippen molar-refractivity contribution in [3.63, 3.8) is 0 Å². The lowest BCUT2D eigenvalue weighted by Gasteiger charge is -2.28. The van der Waals surface area contributed by atoms with Crippen LogP contribution in [0.25, 0.3) is 0 Å². The third kappa shape index (κ3) is 3.84. The Hall–Kier alpha value is -2.52. The number of nitrogens with one attached hydrogen (secondary N) is 1. The standard InChI is InChI=1S/C20H24N4O4S/c1-13-5-7-14(8-6-13)20(26)24-10-3-4-17(24)18-21-16-12-23(29(2,27)28)11-9-15(16)19(25)22-18/h5-8,17H,3-4,9-12H2,1-2H3,(H,21,22,25). The number of H-pyrrole nitrogens is 1. The number of amides is 1. The third-order valence-corrected chi connectivity index (χ3v) is 6.90. The fourth-order valence-electron chi connectivity index (χ4n) is 4.03. The summed E-state index contributed by atoms with van der Waals surface area (Å²) in [5.74, 6) is 0.340. The molecule has 2 aliphatic heterocycles. The molecule has 0 aliphatic carbocycles. The number of carbonyl (C=O) groups is 1. The Bertz CT molecular complexity index is 1110. The van der Waals surface area contributed by atoms with E-state index in [9.17, 15) is 18.0 Å². The first kappa shape index (κ1) is 19.8. The van der Waals surface area contributed by atoms with Gasteiger partial charge in [-0.25, -0.2) is 13.4 Å². The van der Waals surface area contributed by atoms with Crippen molar-refractivity contribution in [3.8, 4) is 0 Å². The first-order chi connectivity index (χ1) is 13.7. The number of sulfonamides is 1. The molecule has 1 aromatic carbocycles. The first-order valence-corrected chi connectivity index (χ1v) is 11.5. The molecule has 1 N–H and O–H groups in total. The Morgan fingerprint density at radius 3 is 2.62 bits per heavy atom. The summed E-state index contributed by atoms with van der Waals surface area (Å²) >= 11 is 0. The summed E-state index contributed by atoms with van der Waals surface area (Å²) in [6.07, 6.45) is 3.01. The number of hydrogen-bond acceptors (Lipinski definition) is 5.